The second kappa shape index (κ2) is 4.28. The van der Waals surface area contributed by atoms with Crippen LogP contribution >= 0.6 is 0 Å². The highest BCUT2D eigenvalue weighted by Gasteiger charge is 2.41. The predicted octanol–water partition coefficient (Wildman–Crippen LogP) is 1.71. The van der Waals surface area contributed by atoms with Crippen molar-refractivity contribution < 1.29 is 17.9 Å². The Kier molecular flexibility index (Phi) is 3.55. The Bertz CT molecular complexity index is 158. The highest BCUT2D eigenvalue weighted by molar-refractivity contribution is 4.84. The summed E-state index contributed by atoms with van der Waals surface area (Å²) < 4.78 is 41.6. The van der Waals surface area contributed by atoms with E-state index in [1.807, 2.05) is 0 Å². The molecular formula is C8H14F3NO. The molecular weight excluding hydrogens is 183 g/mol. The SMILES string of the molecule is COCC1CCCC(C(F)(F)F)N1. The molecule has 0 saturated carbocycles. The van der Waals surface area contributed by atoms with Crippen molar-refractivity contribution in [3.63, 3.8) is 0 Å². The Morgan fingerprint density at radius 3 is 2.62 bits per heavy atom. The Balaban J connectivity index is 2.42. The van der Waals surface area contributed by atoms with Crippen molar-refractivity contribution in [3.8, 4) is 0 Å². The molecule has 2 unspecified atom stereocenters. The van der Waals surface area contributed by atoms with Crippen LogP contribution in [0.4, 0.5) is 13.2 Å². The molecule has 2 atom stereocenters. The number of halogens is 3. The molecule has 2 nitrogen and oxygen atoms in total. The third kappa shape index (κ3) is 3.15. The Morgan fingerprint density at radius 2 is 2.08 bits per heavy atom. The standard InChI is InChI=1S/C8H14F3NO/c1-13-5-6-3-2-4-7(12-6)8(9,10)11/h6-7,12H,2-5H2,1H3. The highest BCUT2D eigenvalue weighted by Crippen LogP contribution is 2.27. The van der Waals surface area contributed by atoms with Gasteiger partial charge in [0.25, 0.3) is 0 Å². The molecule has 13 heavy (non-hydrogen) atoms. The van der Waals surface area contributed by atoms with Gasteiger partial charge < -0.3 is 10.1 Å². The lowest BCUT2D eigenvalue weighted by Crippen LogP contribution is -2.51. The van der Waals surface area contributed by atoms with E-state index >= 15 is 0 Å². The third-order valence-electron chi connectivity index (χ3n) is 2.25. The van der Waals surface area contributed by atoms with Gasteiger partial charge in [-0.2, -0.15) is 13.2 Å². The van der Waals surface area contributed by atoms with E-state index < -0.39 is 12.2 Å². The summed E-state index contributed by atoms with van der Waals surface area (Å²) in [5.74, 6) is 0. The Labute approximate surface area is 75.4 Å². The molecule has 0 aromatic rings. The summed E-state index contributed by atoms with van der Waals surface area (Å²) in [6.45, 7) is 0.354. The second-order valence-electron chi connectivity index (χ2n) is 3.34. The number of alkyl halides is 3. The van der Waals surface area contributed by atoms with E-state index in [-0.39, 0.29) is 12.5 Å². The molecule has 1 rings (SSSR count). The third-order valence-corrected chi connectivity index (χ3v) is 2.25. The Morgan fingerprint density at radius 1 is 1.38 bits per heavy atom. The molecule has 1 aliphatic rings. The van der Waals surface area contributed by atoms with Gasteiger partial charge in [0, 0.05) is 13.2 Å². The van der Waals surface area contributed by atoms with Crippen LogP contribution in [0.5, 0.6) is 0 Å². The lowest BCUT2D eigenvalue weighted by molar-refractivity contribution is -0.164. The molecule has 1 heterocycles. The minimum absolute atomic E-state index is 0.148. The first-order valence-electron chi connectivity index (χ1n) is 4.35. The number of piperidine rings is 1. The van der Waals surface area contributed by atoms with Crippen LogP contribution in [0.15, 0.2) is 0 Å². The van der Waals surface area contributed by atoms with Crippen LogP contribution in [-0.4, -0.2) is 32.0 Å². The quantitative estimate of drug-likeness (QED) is 0.727. The summed E-state index contributed by atoms with van der Waals surface area (Å²) in [5.41, 5.74) is 0. The molecule has 1 saturated heterocycles. The molecule has 0 radical (unpaired) electrons. The van der Waals surface area contributed by atoms with Gasteiger partial charge in [0.15, 0.2) is 0 Å². The van der Waals surface area contributed by atoms with E-state index in [0.717, 1.165) is 6.42 Å². The topological polar surface area (TPSA) is 21.3 Å². The van der Waals surface area contributed by atoms with Crippen LogP contribution in [0.2, 0.25) is 0 Å². The van der Waals surface area contributed by atoms with Crippen molar-refractivity contribution in [2.45, 2.75) is 37.5 Å². The summed E-state index contributed by atoms with van der Waals surface area (Å²) in [6.07, 6.45) is -2.55. The van der Waals surface area contributed by atoms with Crippen LogP contribution < -0.4 is 5.32 Å². The van der Waals surface area contributed by atoms with Crippen molar-refractivity contribution in [3.05, 3.63) is 0 Å². The van der Waals surface area contributed by atoms with Crippen LogP contribution in [0.3, 0.4) is 0 Å². The van der Waals surface area contributed by atoms with E-state index in [4.69, 9.17) is 4.74 Å². The fraction of sp³-hybridized carbons (Fsp3) is 1.00. The van der Waals surface area contributed by atoms with E-state index in [0.29, 0.717) is 13.0 Å². The largest absolute Gasteiger partial charge is 0.403 e. The van der Waals surface area contributed by atoms with Crippen molar-refractivity contribution in [2.24, 2.45) is 0 Å². The van der Waals surface area contributed by atoms with Gasteiger partial charge >= 0.3 is 6.18 Å². The fourth-order valence-electron chi connectivity index (χ4n) is 1.61. The minimum atomic E-state index is -4.12. The van der Waals surface area contributed by atoms with Gasteiger partial charge in [-0.25, -0.2) is 0 Å². The maximum absolute atomic E-state index is 12.3. The Hall–Kier alpha value is -0.290. The zero-order valence-corrected chi connectivity index (χ0v) is 7.53. The number of methoxy groups -OCH3 is 1. The molecule has 0 bridgehead atoms. The molecule has 78 valence electrons. The summed E-state index contributed by atoms with van der Waals surface area (Å²) in [6, 6.07) is -1.49. The van der Waals surface area contributed by atoms with Crippen LogP contribution in [0.25, 0.3) is 0 Å². The monoisotopic (exact) mass is 197 g/mol. The lowest BCUT2D eigenvalue weighted by atomic mass is 9.99. The highest BCUT2D eigenvalue weighted by atomic mass is 19.4. The first kappa shape index (κ1) is 10.8. The van der Waals surface area contributed by atoms with Crippen LogP contribution in [-0.2, 0) is 4.74 Å². The lowest BCUT2D eigenvalue weighted by Gasteiger charge is -2.31. The second-order valence-corrected chi connectivity index (χ2v) is 3.34. The van der Waals surface area contributed by atoms with Gasteiger partial charge in [0.1, 0.15) is 6.04 Å². The van der Waals surface area contributed by atoms with Crippen LogP contribution in [0, 0.1) is 0 Å². The van der Waals surface area contributed by atoms with E-state index in [9.17, 15) is 13.2 Å². The van der Waals surface area contributed by atoms with Gasteiger partial charge in [0.05, 0.1) is 6.61 Å². The van der Waals surface area contributed by atoms with Gasteiger partial charge in [-0.15, -0.1) is 0 Å². The maximum atomic E-state index is 12.3. The van der Waals surface area contributed by atoms with Crippen molar-refractivity contribution in [1.29, 1.82) is 0 Å². The summed E-state index contributed by atoms with van der Waals surface area (Å²) >= 11 is 0. The van der Waals surface area contributed by atoms with Gasteiger partial charge in [-0.05, 0) is 19.3 Å². The molecule has 0 aromatic carbocycles. The summed E-state index contributed by atoms with van der Waals surface area (Å²) in [7, 11) is 1.50. The zero-order valence-electron chi connectivity index (χ0n) is 7.53. The molecule has 0 amide bonds. The molecule has 1 fully saturated rings. The van der Waals surface area contributed by atoms with Gasteiger partial charge in [-0.3, -0.25) is 0 Å². The normalized spacial score (nSPS) is 30.5. The maximum Gasteiger partial charge on any atom is 0.403 e. The summed E-state index contributed by atoms with van der Waals surface area (Å²) in [5, 5.41) is 2.54. The van der Waals surface area contributed by atoms with Crippen molar-refractivity contribution >= 4 is 0 Å². The smallest absolute Gasteiger partial charge is 0.383 e. The fourth-order valence-corrected chi connectivity index (χ4v) is 1.61. The zero-order chi connectivity index (χ0) is 9.90. The van der Waals surface area contributed by atoms with Gasteiger partial charge in [-0.1, -0.05) is 0 Å². The van der Waals surface area contributed by atoms with Crippen molar-refractivity contribution in [2.75, 3.05) is 13.7 Å². The van der Waals surface area contributed by atoms with E-state index in [1.54, 1.807) is 0 Å². The van der Waals surface area contributed by atoms with Crippen molar-refractivity contribution in [1.82, 2.24) is 5.32 Å². The molecule has 5 heteroatoms. The number of hydrogen-bond acceptors (Lipinski definition) is 2. The predicted molar refractivity (Wildman–Crippen MR) is 42.5 cm³/mol. The summed E-state index contributed by atoms with van der Waals surface area (Å²) in [4.78, 5) is 0. The molecule has 1 N–H and O–H groups in total. The van der Waals surface area contributed by atoms with Gasteiger partial charge in [0.2, 0.25) is 0 Å². The van der Waals surface area contributed by atoms with Crippen LogP contribution in [0.1, 0.15) is 19.3 Å². The number of ether oxygens (including phenoxy) is 1. The number of hydrogen-bond donors (Lipinski definition) is 1. The average Bonchev–Trinajstić information content (AvgIpc) is 2.04. The van der Waals surface area contributed by atoms with E-state index in [2.05, 4.69) is 5.32 Å². The number of nitrogens with one attached hydrogen (secondary N) is 1. The number of rotatable bonds is 2. The molecule has 0 aromatic heterocycles. The molecule has 1 aliphatic heterocycles. The minimum Gasteiger partial charge on any atom is -0.383 e. The molecule has 0 aliphatic carbocycles. The average molecular weight is 197 g/mol. The first-order valence-corrected chi connectivity index (χ1v) is 4.35. The first-order chi connectivity index (χ1) is 6.04. The molecule has 0 spiro atoms. The van der Waals surface area contributed by atoms with E-state index in [1.165, 1.54) is 7.11 Å².